The van der Waals surface area contributed by atoms with Gasteiger partial charge < -0.3 is 24.9 Å². The zero-order chi connectivity index (χ0) is 23.2. The van der Waals surface area contributed by atoms with Crippen molar-refractivity contribution in [3.05, 3.63) is 66.4 Å². The number of amides is 2. The zero-order valence-corrected chi connectivity index (χ0v) is 21.4. The molecule has 3 aromatic rings. The van der Waals surface area contributed by atoms with Crippen LogP contribution in [0.25, 0.3) is 0 Å². The second-order valence-electron chi connectivity index (χ2n) is 7.64. The fraction of sp³-hybridized carbons (Fsp3) is 0.304. The van der Waals surface area contributed by atoms with E-state index in [1.54, 1.807) is 27.9 Å². The average molecular weight is 577 g/mol. The minimum atomic E-state index is -0.296. The molecule has 2 aromatic heterocycles. The molecule has 1 aromatic carbocycles. The van der Waals surface area contributed by atoms with Gasteiger partial charge in [0.2, 0.25) is 5.91 Å². The summed E-state index contributed by atoms with van der Waals surface area (Å²) in [6.45, 7) is 4.64. The average Bonchev–Trinajstić information content (AvgIpc) is 3.50. The van der Waals surface area contributed by atoms with Gasteiger partial charge in [0, 0.05) is 38.6 Å². The van der Waals surface area contributed by atoms with Crippen LogP contribution in [0, 0.1) is 0 Å². The van der Waals surface area contributed by atoms with E-state index in [1.165, 1.54) is 6.26 Å². The van der Waals surface area contributed by atoms with Crippen molar-refractivity contribution in [1.29, 1.82) is 0 Å². The van der Waals surface area contributed by atoms with Crippen LogP contribution in [0.3, 0.4) is 0 Å². The summed E-state index contributed by atoms with van der Waals surface area (Å²) in [5.74, 6) is 0.677. The third kappa shape index (κ3) is 6.16. The highest BCUT2D eigenvalue weighted by Gasteiger charge is 2.27. The van der Waals surface area contributed by atoms with E-state index in [0.29, 0.717) is 37.8 Å². The van der Waals surface area contributed by atoms with Crippen molar-refractivity contribution < 1.29 is 14.0 Å². The predicted molar refractivity (Wildman–Crippen MR) is 140 cm³/mol. The first-order valence-electron chi connectivity index (χ1n) is 10.8. The molecule has 1 aliphatic rings. The molecule has 0 atom stereocenters. The number of aromatic nitrogens is 2. The first-order chi connectivity index (χ1) is 16.0. The number of aryl methyl sites for hydroxylation is 1. The molecule has 4 rings (SSSR count). The molecule has 2 N–H and O–H groups in total. The molecule has 11 heteroatoms. The minimum Gasteiger partial charge on any atom is -0.459 e. The number of piperazine rings is 1. The highest BCUT2D eigenvalue weighted by Crippen LogP contribution is 2.17. The first kappa shape index (κ1) is 25.3. The van der Waals surface area contributed by atoms with E-state index >= 15 is 0 Å². The maximum Gasteiger partial charge on any atom is 0.291 e. The summed E-state index contributed by atoms with van der Waals surface area (Å²) in [4.78, 5) is 33.3. The Balaban J connectivity index is 0.00000324. The Labute approximate surface area is 215 Å². The highest BCUT2D eigenvalue weighted by molar-refractivity contribution is 14.0. The molecule has 1 aliphatic heterocycles. The van der Waals surface area contributed by atoms with Crippen molar-refractivity contribution >= 4 is 53.1 Å². The van der Waals surface area contributed by atoms with Crippen molar-refractivity contribution in [2.45, 2.75) is 13.5 Å². The lowest BCUT2D eigenvalue weighted by molar-refractivity contribution is -0.120. The van der Waals surface area contributed by atoms with Crippen molar-refractivity contribution in [2.75, 3.05) is 36.4 Å². The highest BCUT2D eigenvalue weighted by atomic mass is 127. The largest absolute Gasteiger partial charge is 0.459 e. The van der Waals surface area contributed by atoms with E-state index in [-0.39, 0.29) is 48.1 Å². The number of rotatable bonds is 6. The summed E-state index contributed by atoms with van der Waals surface area (Å²) in [6, 6.07) is 10.8. The number of guanidine groups is 1. The third-order valence-electron chi connectivity index (χ3n) is 5.23. The van der Waals surface area contributed by atoms with Crippen molar-refractivity contribution in [1.82, 2.24) is 20.0 Å². The van der Waals surface area contributed by atoms with Gasteiger partial charge in [-0.3, -0.25) is 14.3 Å². The number of furan rings is 1. The summed E-state index contributed by atoms with van der Waals surface area (Å²) in [5, 5.41) is 10.2. The fourth-order valence-electron chi connectivity index (χ4n) is 3.56. The Hall–Kier alpha value is -3.35. The molecule has 0 spiro atoms. The summed E-state index contributed by atoms with van der Waals surface area (Å²) in [6.07, 6.45) is 5.01. The van der Waals surface area contributed by atoms with Crippen LogP contribution < -0.4 is 15.5 Å². The van der Waals surface area contributed by atoms with Gasteiger partial charge >= 0.3 is 0 Å². The Morgan fingerprint density at radius 3 is 2.62 bits per heavy atom. The second kappa shape index (κ2) is 11.7. The number of hydrogen-bond donors (Lipinski definition) is 2. The van der Waals surface area contributed by atoms with Crippen LogP contribution in [-0.4, -0.2) is 58.6 Å². The first-order valence-corrected chi connectivity index (χ1v) is 10.8. The van der Waals surface area contributed by atoms with Crippen molar-refractivity contribution in [2.24, 2.45) is 12.0 Å². The quantitative estimate of drug-likeness (QED) is 0.265. The van der Waals surface area contributed by atoms with Gasteiger partial charge in [0.05, 0.1) is 24.7 Å². The van der Waals surface area contributed by atoms with E-state index in [1.807, 2.05) is 49.3 Å². The van der Waals surface area contributed by atoms with Gasteiger partial charge in [-0.15, -0.1) is 24.0 Å². The number of anilines is 2. The van der Waals surface area contributed by atoms with Crippen LogP contribution in [0.2, 0.25) is 0 Å². The molecular formula is C23H28IN7O3. The topological polar surface area (TPSA) is 108 Å². The van der Waals surface area contributed by atoms with E-state index in [4.69, 9.17) is 9.41 Å². The molecule has 10 nitrogen and oxygen atoms in total. The number of nitrogens with zero attached hydrogens (tertiary/aromatic N) is 5. The molecule has 2 amide bonds. The Kier molecular flexibility index (Phi) is 8.68. The van der Waals surface area contributed by atoms with E-state index in [9.17, 15) is 9.59 Å². The van der Waals surface area contributed by atoms with Gasteiger partial charge in [-0.2, -0.15) is 5.10 Å². The Morgan fingerprint density at radius 2 is 2.00 bits per heavy atom. The molecule has 0 radical (unpaired) electrons. The smallest absolute Gasteiger partial charge is 0.291 e. The number of hydrogen-bond acceptors (Lipinski definition) is 5. The molecule has 0 bridgehead atoms. The van der Waals surface area contributed by atoms with Gasteiger partial charge in [0.1, 0.15) is 6.54 Å². The molecule has 1 fully saturated rings. The number of halogens is 1. The standard InChI is InChI=1S/C23H27N7O3.HI/c1-3-24-23(29-10-11-30(21(31)16-29)19-14-26-28(2)15-19)25-13-17-6-8-18(9-7-17)27-22(32)20-5-4-12-33-20;/h4-9,12,14-15H,3,10-11,13,16H2,1-2H3,(H,24,25)(H,27,32);1H. The summed E-state index contributed by atoms with van der Waals surface area (Å²) >= 11 is 0. The number of carbonyl (C=O) groups excluding carboxylic acids is 2. The van der Waals surface area contributed by atoms with Crippen LogP contribution in [0.15, 0.2) is 64.5 Å². The van der Waals surface area contributed by atoms with Crippen LogP contribution in [-0.2, 0) is 18.4 Å². The lowest BCUT2D eigenvalue weighted by atomic mass is 10.2. The fourth-order valence-corrected chi connectivity index (χ4v) is 3.56. The van der Waals surface area contributed by atoms with Crippen LogP contribution >= 0.6 is 24.0 Å². The third-order valence-corrected chi connectivity index (χ3v) is 5.23. The SMILES string of the molecule is CCNC(=NCc1ccc(NC(=O)c2ccco2)cc1)N1CCN(c2cnn(C)c2)C(=O)C1.I. The molecular weight excluding hydrogens is 549 g/mol. The maximum atomic E-state index is 12.7. The lowest BCUT2D eigenvalue weighted by Crippen LogP contribution is -2.55. The van der Waals surface area contributed by atoms with Gasteiger partial charge in [0.15, 0.2) is 11.7 Å². The predicted octanol–water partition coefficient (Wildman–Crippen LogP) is 2.70. The molecule has 180 valence electrons. The summed E-state index contributed by atoms with van der Waals surface area (Å²) in [5.41, 5.74) is 2.47. The minimum absolute atomic E-state index is 0. The number of carbonyl (C=O) groups is 2. The van der Waals surface area contributed by atoms with E-state index in [2.05, 4.69) is 15.7 Å². The number of aliphatic imine (C=N–C) groups is 1. The molecule has 0 unspecified atom stereocenters. The van der Waals surface area contributed by atoms with Crippen molar-refractivity contribution in [3.63, 3.8) is 0 Å². The van der Waals surface area contributed by atoms with E-state index < -0.39 is 0 Å². The number of nitrogens with one attached hydrogen (secondary N) is 2. The molecule has 34 heavy (non-hydrogen) atoms. The van der Waals surface area contributed by atoms with Gasteiger partial charge in [-0.1, -0.05) is 12.1 Å². The summed E-state index contributed by atoms with van der Waals surface area (Å²) in [7, 11) is 1.83. The van der Waals surface area contributed by atoms with E-state index in [0.717, 1.165) is 11.3 Å². The molecule has 1 saturated heterocycles. The van der Waals surface area contributed by atoms with Gasteiger partial charge in [-0.05, 0) is 36.8 Å². The van der Waals surface area contributed by atoms with Crippen LogP contribution in [0.1, 0.15) is 23.0 Å². The molecule has 0 saturated carbocycles. The second-order valence-corrected chi connectivity index (χ2v) is 7.64. The van der Waals surface area contributed by atoms with Gasteiger partial charge in [0.25, 0.3) is 5.91 Å². The normalized spacial score (nSPS) is 14.1. The maximum absolute atomic E-state index is 12.7. The molecule has 0 aliphatic carbocycles. The van der Waals surface area contributed by atoms with Crippen molar-refractivity contribution in [3.8, 4) is 0 Å². The van der Waals surface area contributed by atoms with Crippen LogP contribution in [0.5, 0.6) is 0 Å². The van der Waals surface area contributed by atoms with Gasteiger partial charge in [-0.25, -0.2) is 4.99 Å². The Morgan fingerprint density at radius 1 is 1.21 bits per heavy atom. The molecule has 3 heterocycles. The Bertz CT molecular complexity index is 1130. The van der Waals surface area contributed by atoms with Crippen LogP contribution in [0.4, 0.5) is 11.4 Å². The lowest BCUT2D eigenvalue weighted by Gasteiger charge is -2.35. The zero-order valence-electron chi connectivity index (χ0n) is 19.1. The number of benzene rings is 1. The monoisotopic (exact) mass is 577 g/mol. The summed E-state index contributed by atoms with van der Waals surface area (Å²) < 4.78 is 6.79.